The van der Waals surface area contributed by atoms with E-state index in [1.54, 1.807) is 25.6 Å². The summed E-state index contributed by atoms with van der Waals surface area (Å²) >= 11 is 0. The number of benzene rings is 1. The van der Waals surface area contributed by atoms with Gasteiger partial charge in [0.05, 0.1) is 18.8 Å². The summed E-state index contributed by atoms with van der Waals surface area (Å²) in [6.07, 6.45) is 10.2. The largest absolute Gasteiger partial charge is 0.497 e. The van der Waals surface area contributed by atoms with E-state index in [1.165, 1.54) is 5.56 Å². The average molecular weight is 509 g/mol. The van der Waals surface area contributed by atoms with Crippen LogP contribution >= 0.6 is 0 Å². The number of ether oxygens (including phenoxy) is 1. The normalized spacial score (nSPS) is 19.1. The first-order valence-corrected chi connectivity index (χ1v) is 13.3. The highest BCUT2D eigenvalue weighted by molar-refractivity contribution is 5.83. The smallest absolute Gasteiger partial charge is 0.303 e. The fourth-order valence-corrected chi connectivity index (χ4v) is 5.57. The van der Waals surface area contributed by atoms with Crippen LogP contribution in [0.2, 0.25) is 0 Å². The number of nitrogens with zero attached hydrogens (tertiary/aromatic N) is 4. The molecule has 4 rings (SSSR count). The molecule has 0 spiro atoms. The summed E-state index contributed by atoms with van der Waals surface area (Å²) in [6.45, 7) is 2.88. The molecule has 1 aromatic carbocycles. The van der Waals surface area contributed by atoms with Gasteiger partial charge in [-0.3, -0.25) is 9.78 Å². The van der Waals surface area contributed by atoms with Gasteiger partial charge in [-0.1, -0.05) is 0 Å². The van der Waals surface area contributed by atoms with E-state index in [0.29, 0.717) is 30.1 Å². The van der Waals surface area contributed by atoms with Crippen molar-refractivity contribution in [2.24, 2.45) is 11.8 Å². The molecule has 1 N–H and O–H groups in total. The van der Waals surface area contributed by atoms with E-state index in [-0.39, 0.29) is 12.3 Å². The fraction of sp³-hybridized carbons (Fsp3) is 0.517. The van der Waals surface area contributed by atoms with Gasteiger partial charge in [0, 0.05) is 30.7 Å². The lowest BCUT2D eigenvalue weighted by Crippen LogP contribution is -2.41. The van der Waals surface area contributed by atoms with E-state index in [2.05, 4.69) is 20.1 Å². The first-order chi connectivity index (χ1) is 18.0. The van der Waals surface area contributed by atoms with Crippen LogP contribution in [0.3, 0.4) is 0 Å². The molecule has 3 atom stereocenters. The van der Waals surface area contributed by atoms with Gasteiger partial charge in [-0.05, 0) is 111 Å². The first kappa shape index (κ1) is 26.9. The summed E-state index contributed by atoms with van der Waals surface area (Å²) in [5, 5.41) is 17.8. The molecule has 8 heteroatoms. The Kier molecular flexibility index (Phi) is 9.77. The molecule has 2 aromatic heterocycles. The molecule has 0 radical (unpaired) electrons. The zero-order valence-corrected chi connectivity index (χ0v) is 21.6. The number of rotatable bonds is 13. The number of halogens is 1. The molecule has 0 unspecified atom stereocenters. The number of aromatic nitrogens is 3. The third-order valence-corrected chi connectivity index (χ3v) is 7.65. The van der Waals surface area contributed by atoms with Crippen LogP contribution in [0.5, 0.6) is 5.75 Å². The van der Waals surface area contributed by atoms with Crippen molar-refractivity contribution in [3.05, 3.63) is 60.0 Å². The molecule has 37 heavy (non-hydrogen) atoms. The van der Waals surface area contributed by atoms with E-state index in [0.717, 1.165) is 62.6 Å². The Hall–Kier alpha value is -3.13. The average Bonchev–Trinajstić information content (AvgIpc) is 2.93. The summed E-state index contributed by atoms with van der Waals surface area (Å²) in [6, 6.07) is 9.31. The molecular weight excluding hydrogens is 471 g/mol. The number of likely N-dealkylation sites (tertiary alicyclic amines) is 1. The Morgan fingerprint density at radius 3 is 2.84 bits per heavy atom. The molecular formula is C29H37FN4O3. The fourth-order valence-electron chi connectivity index (χ4n) is 5.57. The van der Waals surface area contributed by atoms with Gasteiger partial charge in [0.15, 0.2) is 0 Å². The van der Waals surface area contributed by atoms with Crippen LogP contribution in [0.25, 0.3) is 10.9 Å². The van der Waals surface area contributed by atoms with Crippen molar-refractivity contribution in [1.82, 2.24) is 20.1 Å². The first-order valence-electron chi connectivity index (χ1n) is 13.3. The second kappa shape index (κ2) is 13.4. The molecule has 7 nitrogen and oxygen atoms in total. The number of carbonyl (C=O) groups is 1. The minimum absolute atomic E-state index is 0.165. The van der Waals surface area contributed by atoms with Crippen molar-refractivity contribution < 1.29 is 19.0 Å². The summed E-state index contributed by atoms with van der Waals surface area (Å²) in [7, 11) is 1.60. The molecule has 0 amide bonds. The number of aryl methyl sites for hydroxylation is 1. The number of pyridine rings is 1. The van der Waals surface area contributed by atoms with Crippen LogP contribution in [0.4, 0.5) is 4.39 Å². The van der Waals surface area contributed by atoms with Crippen molar-refractivity contribution in [2.75, 3.05) is 26.7 Å². The van der Waals surface area contributed by atoms with Crippen molar-refractivity contribution in [1.29, 1.82) is 0 Å². The molecule has 3 heterocycles. The minimum atomic E-state index is -1.10. The SMILES string of the molecule is COc1ccc2nccc([C@H](F)CC[C@@H]3CCN(CCCCc4ccnnc4)C[C@H]3CCC(=O)O)c2c1. The van der Waals surface area contributed by atoms with Gasteiger partial charge in [0.2, 0.25) is 0 Å². The minimum Gasteiger partial charge on any atom is -0.497 e. The third kappa shape index (κ3) is 7.68. The van der Waals surface area contributed by atoms with Crippen LogP contribution in [-0.2, 0) is 11.2 Å². The molecule has 0 saturated carbocycles. The Labute approximate surface area is 218 Å². The summed E-state index contributed by atoms with van der Waals surface area (Å²) < 4.78 is 20.9. The van der Waals surface area contributed by atoms with E-state index in [1.807, 2.05) is 30.5 Å². The number of hydrogen-bond donors (Lipinski definition) is 1. The number of unbranched alkanes of at least 4 members (excludes halogenated alkanes) is 1. The summed E-state index contributed by atoms with van der Waals surface area (Å²) in [4.78, 5) is 18.1. The second-order valence-corrected chi connectivity index (χ2v) is 10.1. The van der Waals surface area contributed by atoms with Gasteiger partial charge >= 0.3 is 5.97 Å². The quantitative estimate of drug-likeness (QED) is 0.299. The van der Waals surface area contributed by atoms with Crippen LogP contribution in [-0.4, -0.2) is 57.9 Å². The Morgan fingerprint density at radius 2 is 2.05 bits per heavy atom. The molecule has 3 aromatic rings. The highest BCUT2D eigenvalue weighted by Gasteiger charge is 2.30. The predicted molar refractivity (Wildman–Crippen MR) is 141 cm³/mol. The molecule has 0 bridgehead atoms. The Bertz CT molecular complexity index is 1150. The van der Waals surface area contributed by atoms with Crippen molar-refractivity contribution in [3.8, 4) is 5.75 Å². The van der Waals surface area contributed by atoms with Gasteiger partial charge in [-0.2, -0.15) is 10.2 Å². The molecule has 198 valence electrons. The monoisotopic (exact) mass is 508 g/mol. The number of alkyl halides is 1. The number of hydrogen-bond acceptors (Lipinski definition) is 6. The topological polar surface area (TPSA) is 88.4 Å². The highest BCUT2D eigenvalue weighted by Crippen LogP contribution is 2.36. The van der Waals surface area contributed by atoms with E-state index >= 15 is 4.39 Å². The van der Waals surface area contributed by atoms with E-state index < -0.39 is 12.1 Å². The number of methoxy groups -OCH3 is 1. The number of piperidine rings is 1. The maximum Gasteiger partial charge on any atom is 0.303 e. The van der Waals surface area contributed by atoms with Crippen molar-refractivity contribution >= 4 is 16.9 Å². The standard InChI is InChI=1S/C29H37FN4O3/c1-37-24-7-9-28-26(18-24)25(12-14-31-28)27(30)8-5-22-13-17-34(20-23(22)6-10-29(35)36)16-3-2-4-21-11-15-32-33-19-21/h7,9,11-12,14-15,18-19,22-23,27H,2-6,8,10,13,16-17,20H2,1H3,(H,35,36)/t22-,23-,27-/m1/s1. The number of carboxylic acids is 1. The molecule has 0 aliphatic carbocycles. The Balaban J connectivity index is 1.32. The summed E-state index contributed by atoms with van der Waals surface area (Å²) in [5.41, 5.74) is 2.61. The van der Waals surface area contributed by atoms with Crippen LogP contribution < -0.4 is 4.74 Å². The second-order valence-electron chi connectivity index (χ2n) is 10.1. The van der Waals surface area contributed by atoms with E-state index in [9.17, 15) is 9.90 Å². The van der Waals surface area contributed by atoms with Gasteiger partial charge in [0.25, 0.3) is 0 Å². The number of aliphatic carboxylic acids is 1. The van der Waals surface area contributed by atoms with Crippen LogP contribution in [0.1, 0.15) is 62.2 Å². The van der Waals surface area contributed by atoms with Gasteiger partial charge < -0.3 is 14.7 Å². The third-order valence-electron chi connectivity index (χ3n) is 7.65. The zero-order chi connectivity index (χ0) is 26.0. The van der Waals surface area contributed by atoms with Gasteiger partial charge in [-0.25, -0.2) is 4.39 Å². The predicted octanol–water partition coefficient (Wildman–Crippen LogP) is 5.65. The number of carboxylic acid groups (broad SMARTS) is 1. The van der Waals surface area contributed by atoms with Crippen molar-refractivity contribution in [3.63, 3.8) is 0 Å². The Morgan fingerprint density at radius 1 is 1.16 bits per heavy atom. The molecule has 1 saturated heterocycles. The van der Waals surface area contributed by atoms with Gasteiger partial charge in [0.1, 0.15) is 11.9 Å². The van der Waals surface area contributed by atoms with E-state index in [4.69, 9.17) is 4.74 Å². The van der Waals surface area contributed by atoms with Gasteiger partial charge in [-0.15, -0.1) is 0 Å². The van der Waals surface area contributed by atoms with Crippen LogP contribution in [0, 0.1) is 11.8 Å². The number of fused-ring (bicyclic) bond motifs is 1. The zero-order valence-electron chi connectivity index (χ0n) is 21.6. The molecule has 1 aliphatic rings. The van der Waals surface area contributed by atoms with Crippen LogP contribution in [0.15, 0.2) is 48.9 Å². The van der Waals surface area contributed by atoms with Crippen molar-refractivity contribution in [2.45, 2.75) is 57.5 Å². The highest BCUT2D eigenvalue weighted by atomic mass is 19.1. The maximum absolute atomic E-state index is 15.5. The lowest BCUT2D eigenvalue weighted by Gasteiger charge is -2.39. The molecule has 1 fully saturated rings. The summed E-state index contributed by atoms with van der Waals surface area (Å²) in [5.74, 6) is 0.532. The lowest BCUT2D eigenvalue weighted by atomic mass is 9.79. The molecule has 1 aliphatic heterocycles. The maximum atomic E-state index is 15.5. The lowest BCUT2D eigenvalue weighted by molar-refractivity contribution is -0.137.